The molecule has 0 bridgehead atoms. The van der Waals surface area contributed by atoms with Crippen molar-refractivity contribution >= 4 is 11.0 Å². The van der Waals surface area contributed by atoms with Gasteiger partial charge in [0.05, 0.1) is 23.3 Å². The summed E-state index contributed by atoms with van der Waals surface area (Å²) in [6.45, 7) is 2.43. The molecule has 0 aliphatic rings. The molecule has 4 rings (SSSR count). The maximum atomic E-state index is 5.75. The molecular formula is C19H17N5O. The Hall–Kier alpha value is -3.28. The van der Waals surface area contributed by atoms with Gasteiger partial charge in [0.25, 0.3) is 0 Å². The highest BCUT2D eigenvalue weighted by molar-refractivity contribution is 5.83. The number of nitrogens with zero attached hydrogens (tertiary/aromatic N) is 5. The molecule has 2 heterocycles. The van der Waals surface area contributed by atoms with Gasteiger partial charge in [0.1, 0.15) is 5.69 Å². The average Bonchev–Trinajstić information content (AvgIpc) is 3.03. The van der Waals surface area contributed by atoms with E-state index in [1.807, 2.05) is 68.6 Å². The van der Waals surface area contributed by atoms with Crippen LogP contribution in [0.3, 0.4) is 0 Å². The standard InChI is InChI=1S/C19H17N5O/c1-3-25-19-17(20-14-11-7-8-12-15(14)21-19)16-18(24(2)23-22-16)13-9-5-4-6-10-13/h4-12H,3H2,1-2H3. The SMILES string of the molecule is CCOc1nc2ccccc2nc1-c1nnn(C)c1-c1ccccc1. The van der Waals surface area contributed by atoms with Crippen molar-refractivity contribution in [3.8, 4) is 28.5 Å². The highest BCUT2D eigenvalue weighted by Crippen LogP contribution is 2.34. The molecule has 0 N–H and O–H groups in total. The first-order chi connectivity index (χ1) is 12.3. The van der Waals surface area contributed by atoms with Gasteiger partial charge in [-0.05, 0) is 19.1 Å². The molecule has 124 valence electrons. The van der Waals surface area contributed by atoms with Crippen LogP contribution in [0.4, 0.5) is 0 Å². The highest BCUT2D eigenvalue weighted by atomic mass is 16.5. The molecule has 0 atom stereocenters. The Kier molecular flexibility index (Phi) is 3.85. The van der Waals surface area contributed by atoms with Crippen molar-refractivity contribution in [3.05, 3.63) is 54.6 Å². The van der Waals surface area contributed by atoms with Crippen LogP contribution in [0.15, 0.2) is 54.6 Å². The van der Waals surface area contributed by atoms with E-state index in [0.717, 1.165) is 22.3 Å². The summed E-state index contributed by atoms with van der Waals surface area (Å²) in [5.74, 6) is 0.471. The predicted octanol–water partition coefficient (Wildman–Crippen LogP) is 3.49. The Balaban J connectivity index is 1.97. The molecule has 0 saturated carbocycles. The summed E-state index contributed by atoms with van der Waals surface area (Å²) in [7, 11) is 1.87. The molecule has 0 saturated heterocycles. The second-order valence-electron chi connectivity index (χ2n) is 5.58. The third-order valence-corrected chi connectivity index (χ3v) is 3.92. The van der Waals surface area contributed by atoms with Crippen LogP contribution < -0.4 is 4.74 Å². The van der Waals surface area contributed by atoms with Gasteiger partial charge in [-0.25, -0.2) is 14.6 Å². The molecule has 6 heteroatoms. The largest absolute Gasteiger partial charge is 0.476 e. The van der Waals surface area contributed by atoms with Gasteiger partial charge >= 0.3 is 0 Å². The van der Waals surface area contributed by atoms with Crippen molar-refractivity contribution < 1.29 is 4.74 Å². The van der Waals surface area contributed by atoms with Crippen LogP contribution in [0, 0.1) is 0 Å². The van der Waals surface area contributed by atoms with Crippen LogP contribution in [0.2, 0.25) is 0 Å². The van der Waals surface area contributed by atoms with Gasteiger partial charge < -0.3 is 4.74 Å². The predicted molar refractivity (Wildman–Crippen MR) is 96.1 cm³/mol. The number of para-hydroxylation sites is 2. The minimum absolute atomic E-state index is 0.471. The number of benzene rings is 2. The summed E-state index contributed by atoms with van der Waals surface area (Å²) < 4.78 is 7.50. The van der Waals surface area contributed by atoms with E-state index in [2.05, 4.69) is 15.3 Å². The average molecular weight is 331 g/mol. The van der Waals surface area contributed by atoms with Gasteiger partial charge in [0, 0.05) is 12.6 Å². The minimum Gasteiger partial charge on any atom is -0.476 e. The van der Waals surface area contributed by atoms with E-state index in [4.69, 9.17) is 9.72 Å². The molecule has 0 fully saturated rings. The minimum atomic E-state index is 0.471. The quantitative estimate of drug-likeness (QED) is 0.573. The second kappa shape index (κ2) is 6.32. The lowest BCUT2D eigenvalue weighted by Gasteiger charge is -2.10. The molecule has 6 nitrogen and oxygen atoms in total. The van der Waals surface area contributed by atoms with Gasteiger partial charge in [-0.15, -0.1) is 5.10 Å². The monoisotopic (exact) mass is 331 g/mol. The Labute approximate surface area is 145 Å². The Morgan fingerprint density at radius 3 is 2.28 bits per heavy atom. The van der Waals surface area contributed by atoms with E-state index in [1.165, 1.54) is 0 Å². The first-order valence-corrected chi connectivity index (χ1v) is 8.13. The maximum absolute atomic E-state index is 5.75. The van der Waals surface area contributed by atoms with Gasteiger partial charge in [-0.3, -0.25) is 0 Å². The summed E-state index contributed by atoms with van der Waals surface area (Å²) in [6, 6.07) is 17.7. The van der Waals surface area contributed by atoms with Crippen LogP contribution in [0.25, 0.3) is 33.7 Å². The number of hydrogen-bond donors (Lipinski definition) is 0. The van der Waals surface area contributed by atoms with Gasteiger partial charge in [0.15, 0.2) is 5.69 Å². The molecule has 0 radical (unpaired) electrons. The van der Waals surface area contributed by atoms with E-state index in [0.29, 0.717) is 23.9 Å². The van der Waals surface area contributed by atoms with Crippen LogP contribution in [0.1, 0.15) is 6.92 Å². The molecule has 0 unspecified atom stereocenters. The van der Waals surface area contributed by atoms with Crippen molar-refractivity contribution in [1.29, 1.82) is 0 Å². The van der Waals surface area contributed by atoms with E-state index in [9.17, 15) is 0 Å². The van der Waals surface area contributed by atoms with Crippen LogP contribution >= 0.6 is 0 Å². The fourth-order valence-electron chi connectivity index (χ4n) is 2.81. The van der Waals surface area contributed by atoms with Gasteiger partial charge in [0.2, 0.25) is 5.88 Å². The molecule has 2 aromatic carbocycles. The number of fused-ring (bicyclic) bond motifs is 1. The molecule has 0 spiro atoms. The summed E-state index contributed by atoms with van der Waals surface area (Å²) in [5, 5.41) is 8.54. The summed E-state index contributed by atoms with van der Waals surface area (Å²) in [6.07, 6.45) is 0. The number of aryl methyl sites for hydroxylation is 1. The Bertz CT molecular complexity index is 1030. The van der Waals surface area contributed by atoms with Crippen molar-refractivity contribution in [1.82, 2.24) is 25.0 Å². The molecule has 0 aliphatic carbocycles. The molecule has 0 aliphatic heterocycles. The smallest absolute Gasteiger partial charge is 0.243 e. The first-order valence-electron chi connectivity index (χ1n) is 8.13. The van der Waals surface area contributed by atoms with Gasteiger partial charge in [-0.1, -0.05) is 47.7 Å². The normalized spacial score (nSPS) is 11.0. The maximum Gasteiger partial charge on any atom is 0.243 e. The van der Waals surface area contributed by atoms with Crippen LogP contribution in [0.5, 0.6) is 5.88 Å². The molecule has 0 amide bonds. The lowest BCUT2D eigenvalue weighted by Crippen LogP contribution is -2.01. The molecular weight excluding hydrogens is 314 g/mol. The van der Waals surface area contributed by atoms with Crippen molar-refractivity contribution in [2.75, 3.05) is 6.61 Å². The zero-order valence-corrected chi connectivity index (χ0v) is 14.0. The third-order valence-electron chi connectivity index (χ3n) is 3.92. The fourth-order valence-corrected chi connectivity index (χ4v) is 2.81. The third kappa shape index (κ3) is 2.71. The Morgan fingerprint density at radius 2 is 1.56 bits per heavy atom. The zero-order valence-electron chi connectivity index (χ0n) is 14.0. The molecule has 4 aromatic rings. The topological polar surface area (TPSA) is 65.7 Å². The first kappa shape index (κ1) is 15.3. The van der Waals surface area contributed by atoms with Crippen molar-refractivity contribution in [2.45, 2.75) is 6.92 Å². The zero-order chi connectivity index (χ0) is 17.2. The number of aromatic nitrogens is 5. The number of hydrogen-bond acceptors (Lipinski definition) is 5. The second-order valence-corrected chi connectivity index (χ2v) is 5.58. The summed E-state index contributed by atoms with van der Waals surface area (Å²) in [5.41, 5.74) is 4.75. The van der Waals surface area contributed by atoms with E-state index in [-0.39, 0.29) is 0 Å². The lowest BCUT2D eigenvalue weighted by molar-refractivity contribution is 0.328. The summed E-state index contributed by atoms with van der Waals surface area (Å²) in [4.78, 5) is 9.38. The van der Waals surface area contributed by atoms with Crippen LogP contribution in [-0.4, -0.2) is 31.6 Å². The molecule has 25 heavy (non-hydrogen) atoms. The lowest BCUT2D eigenvalue weighted by atomic mass is 10.1. The van der Waals surface area contributed by atoms with E-state index in [1.54, 1.807) is 4.68 Å². The van der Waals surface area contributed by atoms with Crippen molar-refractivity contribution in [2.24, 2.45) is 7.05 Å². The van der Waals surface area contributed by atoms with Crippen LogP contribution in [-0.2, 0) is 7.05 Å². The number of rotatable bonds is 4. The molecule has 2 aromatic heterocycles. The Morgan fingerprint density at radius 1 is 0.880 bits per heavy atom. The van der Waals surface area contributed by atoms with Gasteiger partial charge in [-0.2, -0.15) is 0 Å². The number of ether oxygens (including phenoxy) is 1. The van der Waals surface area contributed by atoms with Crippen molar-refractivity contribution in [3.63, 3.8) is 0 Å². The fraction of sp³-hybridized carbons (Fsp3) is 0.158. The van der Waals surface area contributed by atoms with E-state index < -0.39 is 0 Å². The highest BCUT2D eigenvalue weighted by Gasteiger charge is 2.21. The summed E-state index contributed by atoms with van der Waals surface area (Å²) >= 11 is 0. The van der Waals surface area contributed by atoms with E-state index >= 15 is 0 Å².